The third-order valence-corrected chi connectivity index (χ3v) is 5.19. The summed E-state index contributed by atoms with van der Waals surface area (Å²) in [5.41, 5.74) is 0. The maximum atomic E-state index is 12.0. The van der Waals surface area contributed by atoms with E-state index >= 15 is 0 Å². The van der Waals surface area contributed by atoms with E-state index in [1.165, 1.54) is 0 Å². The van der Waals surface area contributed by atoms with Crippen LogP contribution in [0.5, 0.6) is 0 Å². The molecule has 7 heteroatoms. The van der Waals surface area contributed by atoms with Crippen molar-refractivity contribution in [3.8, 4) is 0 Å². The Morgan fingerprint density at radius 2 is 2.00 bits per heavy atom. The van der Waals surface area contributed by atoms with Crippen molar-refractivity contribution >= 4 is 23.8 Å². The number of aliphatic carboxylic acids is 1. The Kier molecular flexibility index (Phi) is 5.54. The van der Waals surface area contributed by atoms with Crippen molar-refractivity contribution in [3.05, 3.63) is 0 Å². The molecular weight excluding hydrogens is 280 g/mol. The minimum absolute atomic E-state index is 0.165. The van der Waals surface area contributed by atoms with E-state index in [4.69, 9.17) is 9.84 Å². The van der Waals surface area contributed by atoms with Crippen molar-refractivity contribution in [2.45, 2.75) is 43.5 Å². The number of rotatable bonds is 5. The molecule has 0 bridgehead atoms. The number of urea groups is 1. The predicted octanol–water partition coefficient (Wildman–Crippen LogP) is 1.06. The molecule has 3 N–H and O–H groups in total. The first-order chi connectivity index (χ1) is 9.61. The number of carboxylic acid groups (broad SMARTS) is 1. The summed E-state index contributed by atoms with van der Waals surface area (Å²) in [6.07, 6.45) is 3.26. The second kappa shape index (κ2) is 7.17. The highest BCUT2D eigenvalue weighted by Gasteiger charge is 2.36. The number of carboxylic acids is 1. The van der Waals surface area contributed by atoms with Crippen molar-refractivity contribution in [1.82, 2.24) is 10.6 Å². The molecule has 0 aromatic heterocycles. The van der Waals surface area contributed by atoms with E-state index in [0.717, 1.165) is 25.0 Å². The SMILES string of the molecule is CCSC1CCCC1NC(=O)NC1COCC1C(=O)O. The summed E-state index contributed by atoms with van der Waals surface area (Å²) in [5.74, 6) is -0.527. The fourth-order valence-corrected chi connectivity index (χ4v) is 4.02. The van der Waals surface area contributed by atoms with Crippen molar-refractivity contribution in [3.63, 3.8) is 0 Å². The van der Waals surface area contributed by atoms with Gasteiger partial charge in [0.2, 0.25) is 0 Å². The second-order valence-corrected chi connectivity index (χ2v) is 6.75. The molecule has 6 nitrogen and oxygen atoms in total. The van der Waals surface area contributed by atoms with Gasteiger partial charge in [-0.05, 0) is 18.6 Å². The third-order valence-electron chi connectivity index (χ3n) is 3.86. The fourth-order valence-electron chi connectivity index (χ4n) is 2.82. The molecule has 2 aliphatic rings. The highest BCUT2D eigenvalue weighted by Crippen LogP contribution is 2.29. The minimum Gasteiger partial charge on any atom is -0.481 e. The van der Waals surface area contributed by atoms with Crippen LogP contribution in [0.1, 0.15) is 26.2 Å². The van der Waals surface area contributed by atoms with Crippen LogP contribution in [0.2, 0.25) is 0 Å². The van der Waals surface area contributed by atoms with Gasteiger partial charge in [-0.15, -0.1) is 0 Å². The van der Waals surface area contributed by atoms with Crippen LogP contribution in [0.4, 0.5) is 4.79 Å². The molecule has 0 aromatic rings. The number of hydrogen-bond acceptors (Lipinski definition) is 4. The summed E-state index contributed by atoms with van der Waals surface area (Å²) < 4.78 is 5.13. The van der Waals surface area contributed by atoms with Gasteiger partial charge in [0.25, 0.3) is 0 Å². The molecule has 0 spiro atoms. The van der Waals surface area contributed by atoms with Crippen LogP contribution in [0.25, 0.3) is 0 Å². The van der Waals surface area contributed by atoms with Gasteiger partial charge < -0.3 is 20.5 Å². The number of nitrogens with one attached hydrogen (secondary N) is 2. The van der Waals surface area contributed by atoms with Crippen molar-refractivity contribution in [2.75, 3.05) is 19.0 Å². The Morgan fingerprint density at radius 1 is 1.25 bits per heavy atom. The zero-order chi connectivity index (χ0) is 14.5. The van der Waals surface area contributed by atoms with E-state index in [-0.39, 0.29) is 25.3 Å². The van der Waals surface area contributed by atoms with E-state index in [9.17, 15) is 9.59 Å². The number of hydrogen-bond donors (Lipinski definition) is 3. The number of amides is 2. The van der Waals surface area contributed by atoms with E-state index in [2.05, 4.69) is 17.6 Å². The van der Waals surface area contributed by atoms with Gasteiger partial charge in [-0.25, -0.2) is 4.79 Å². The zero-order valence-electron chi connectivity index (χ0n) is 11.6. The van der Waals surface area contributed by atoms with E-state index in [1.807, 2.05) is 11.8 Å². The lowest BCUT2D eigenvalue weighted by Crippen LogP contribution is -2.51. The monoisotopic (exact) mass is 302 g/mol. The molecule has 20 heavy (non-hydrogen) atoms. The topological polar surface area (TPSA) is 87.7 Å². The summed E-state index contributed by atoms with van der Waals surface area (Å²) in [7, 11) is 0. The summed E-state index contributed by atoms with van der Waals surface area (Å²) in [6, 6.07) is -0.530. The van der Waals surface area contributed by atoms with E-state index in [0.29, 0.717) is 5.25 Å². The van der Waals surface area contributed by atoms with Gasteiger partial charge in [0.05, 0.1) is 19.3 Å². The number of carbonyl (C=O) groups excluding carboxylic acids is 1. The largest absolute Gasteiger partial charge is 0.481 e. The number of carbonyl (C=O) groups is 2. The Balaban J connectivity index is 1.81. The van der Waals surface area contributed by atoms with Gasteiger partial charge in [-0.1, -0.05) is 13.3 Å². The van der Waals surface area contributed by atoms with Gasteiger partial charge in [0.1, 0.15) is 5.92 Å². The van der Waals surface area contributed by atoms with Gasteiger partial charge in [-0.2, -0.15) is 11.8 Å². The highest BCUT2D eigenvalue weighted by atomic mass is 32.2. The maximum Gasteiger partial charge on any atom is 0.315 e. The Morgan fingerprint density at radius 3 is 2.70 bits per heavy atom. The maximum absolute atomic E-state index is 12.0. The molecule has 1 saturated heterocycles. The van der Waals surface area contributed by atoms with Crippen LogP contribution in [0, 0.1) is 5.92 Å². The first kappa shape index (κ1) is 15.4. The molecule has 4 atom stereocenters. The van der Waals surface area contributed by atoms with Crippen LogP contribution in [-0.4, -0.2) is 53.4 Å². The van der Waals surface area contributed by atoms with E-state index < -0.39 is 17.9 Å². The quantitative estimate of drug-likeness (QED) is 0.707. The van der Waals surface area contributed by atoms with Crippen molar-refractivity contribution in [2.24, 2.45) is 5.92 Å². The predicted molar refractivity (Wildman–Crippen MR) is 77.0 cm³/mol. The molecule has 4 unspecified atom stereocenters. The summed E-state index contributed by atoms with van der Waals surface area (Å²) in [5, 5.41) is 15.2. The highest BCUT2D eigenvalue weighted by molar-refractivity contribution is 7.99. The van der Waals surface area contributed by atoms with Gasteiger partial charge >= 0.3 is 12.0 Å². The molecular formula is C13H22N2O4S. The molecule has 1 heterocycles. The first-order valence-electron chi connectivity index (χ1n) is 7.11. The molecule has 2 fully saturated rings. The Labute approximate surface area is 123 Å². The first-order valence-corrected chi connectivity index (χ1v) is 8.16. The number of ether oxygens (including phenoxy) is 1. The normalized spacial score (nSPS) is 33.0. The van der Waals surface area contributed by atoms with Crippen LogP contribution >= 0.6 is 11.8 Å². The third kappa shape index (κ3) is 3.79. The second-order valence-electron chi connectivity index (χ2n) is 5.24. The minimum atomic E-state index is -0.923. The van der Waals surface area contributed by atoms with Gasteiger partial charge in [0.15, 0.2) is 0 Å². The smallest absolute Gasteiger partial charge is 0.315 e. The van der Waals surface area contributed by atoms with Crippen LogP contribution in [0.3, 0.4) is 0 Å². The molecule has 114 valence electrons. The fraction of sp³-hybridized carbons (Fsp3) is 0.846. The average Bonchev–Trinajstić information content (AvgIpc) is 3.00. The molecule has 2 amide bonds. The summed E-state index contributed by atoms with van der Waals surface area (Å²) in [4.78, 5) is 23.0. The van der Waals surface area contributed by atoms with Gasteiger partial charge in [-0.3, -0.25) is 4.79 Å². The van der Waals surface area contributed by atoms with Crippen LogP contribution < -0.4 is 10.6 Å². The van der Waals surface area contributed by atoms with Gasteiger partial charge in [0, 0.05) is 11.3 Å². The average molecular weight is 302 g/mol. The Hall–Kier alpha value is -0.950. The molecule has 1 aliphatic heterocycles. The molecule has 2 rings (SSSR count). The lowest BCUT2D eigenvalue weighted by molar-refractivity contribution is -0.142. The van der Waals surface area contributed by atoms with E-state index in [1.54, 1.807) is 0 Å². The Bertz CT molecular complexity index is 366. The lowest BCUT2D eigenvalue weighted by atomic mass is 10.0. The van der Waals surface area contributed by atoms with Crippen LogP contribution in [-0.2, 0) is 9.53 Å². The van der Waals surface area contributed by atoms with Crippen molar-refractivity contribution < 1.29 is 19.4 Å². The molecule has 1 aliphatic carbocycles. The standard InChI is InChI=1S/C13H22N2O4S/c1-2-20-11-5-3-4-9(11)14-13(18)15-10-7-19-6-8(10)12(16)17/h8-11H,2-7H2,1H3,(H,16,17)(H2,14,15,18). The molecule has 0 radical (unpaired) electrons. The van der Waals surface area contributed by atoms with Crippen molar-refractivity contribution in [1.29, 1.82) is 0 Å². The molecule has 1 saturated carbocycles. The lowest BCUT2D eigenvalue weighted by Gasteiger charge is -2.22. The van der Waals surface area contributed by atoms with Crippen LogP contribution in [0.15, 0.2) is 0 Å². The number of thioether (sulfide) groups is 1. The summed E-state index contributed by atoms with van der Waals surface area (Å²) in [6.45, 7) is 2.55. The summed E-state index contributed by atoms with van der Waals surface area (Å²) >= 11 is 1.88. The zero-order valence-corrected chi connectivity index (χ0v) is 12.4. The molecule has 0 aromatic carbocycles.